The molecular formula is C14H11N3S. The highest BCUT2D eigenvalue weighted by Gasteiger charge is 2.08. The molecule has 3 rings (SSSR count). The van der Waals surface area contributed by atoms with Gasteiger partial charge in [0.25, 0.3) is 0 Å². The van der Waals surface area contributed by atoms with E-state index < -0.39 is 0 Å². The van der Waals surface area contributed by atoms with Crippen molar-refractivity contribution in [2.24, 2.45) is 5.73 Å². The highest BCUT2D eigenvalue weighted by Crippen LogP contribution is 2.22. The van der Waals surface area contributed by atoms with Gasteiger partial charge < -0.3 is 10.3 Å². The minimum atomic E-state index is 0.390. The fourth-order valence-corrected chi connectivity index (χ4v) is 2.25. The monoisotopic (exact) mass is 253 g/mol. The number of pyridine rings is 1. The van der Waals surface area contributed by atoms with E-state index in [4.69, 9.17) is 18.0 Å². The molecule has 0 fully saturated rings. The molecule has 4 heteroatoms. The number of fused-ring (bicyclic) bond motifs is 1. The normalized spacial score (nSPS) is 10.7. The Morgan fingerprint density at radius 2 is 1.94 bits per heavy atom. The van der Waals surface area contributed by atoms with E-state index in [1.54, 1.807) is 6.20 Å². The molecule has 0 amide bonds. The van der Waals surface area contributed by atoms with E-state index in [1.807, 2.05) is 53.2 Å². The molecule has 0 aliphatic carbocycles. The number of rotatable bonds is 2. The van der Waals surface area contributed by atoms with Gasteiger partial charge in [-0.25, -0.2) is 0 Å². The van der Waals surface area contributed by atoms with Gasteiger partial charge in [-0.05, 0) is 24.3 Å². The van der Waals surface area contributed by atoms with E-state index in [1.165, 1.54) is 0 Å². The lowest BCUT2D eigenvalue weighted by molar-refractivity contribution is 1.07. The van der Waals surface area contributed by atoms with E-state index >= 15 is 0 Å². The maximum absolute atomic E-state index is 5.74. The van der Waals surface area contributed by atoms with Gasteiger partial charge in [0.1, 0.15) is 4.99 Å². The van der Waals surface area contributed by atoms with E-state index in [0.717, 1.165) is 22.3 Å². The van der Waals surface area contributed by atoms with Crippen molar-refractivity contribution < 1.29 is 0 Å². The molecule has 0 saturated heterocycles. The molecule has 2 aromatic heterocycles. The molecule has 1 aromatic carbocycles. The van der Waals surface area contributed by atoms with Gasteiger partial charge in [-0.15, -0.1) is 0 Å². The number of hydrogen-bond acceptors (Lipinski definition) is 2. The third kappa shape index (κ3) is 1.67. The van der Waals surface area contributed by atoms with Crippen LogP contribution < -0.4 is 5.73 Å². The predicted molar refractivity (Wildman–Crippen MR) is 77.0 cm³/mol. The minimum Gasteiger partial charge on any atom is -0.388 e. The van der Waals surface area contributed by atoms with Crippen molar-refractivity contribution in [3.05, 3.63) is 60.6 Å². The van der Waals surface area contributed by atoms with Crippen LogP contribution in [-0.2, 0) is 0 Å². The molecule has 0 saturated carbocycles. The summed E-state index contributed by atoms with van der Waals surface area (Å²) in [5.74, 6) is 0. The third-order valence-electron chi connectivity index (χ3n) is 2.89. The summed E-state index contributed by atoms with van der Waals surface area (Å²) in [4.78, 5) is 4.74. The SMILES string of the molecule is NC(=S)c1cccn1-c1ccnc2ccccc12. The second kappa shape index (κ2) is 4.23. The smallest absolute Gasteiger partial charge is 0.121 e. The number of nitrogens with two attached hydrogens (primary N) is 1. The molecule has 2 heterocycles. The van der Waals surface area contributed by atoms with Gasteiger partial charge in [0, 0.05) is 17.8 Å². The fraction of sp³-hybridized carbons (Fsp3) is 0. The molecule has 0 atom stereocenters. The summed E-state index contributed by atoms with van der Waals surface area (Å²) < 4.78 is 1.99. The van der Waals surface area contributed by atoms with Crippen molar-refractivity contribution in [1.82, 2.24) is 9.55 Å². The van der Waals surface area contributed by atoms with Gasteiger partial charge in [-0.3, -0.25) is 4.98 Å². The lowest BCUT2D eigenvalue weighted by atomic mass is 10.2. The summed E-state index contributed by atoms with van der Waals surface area (Å²) in [6.07, 6.45) is 3.75. The quantitative estimate of drug-likeness (QED) is 0.714. The van der Waals surface area contributed by atoms with Crippen LogP contribution in [0, 0.1) is 0 Å². The molecule has 3 aromatic rings. The van der Waals surface area contributed by atoms with Crippen LogP contribution in [0.5, 0.6) is 0 Å². The Bertz CT molecular complexity index is 725. The Morgan fingerprint density at radius 3 is 2.78 bits per heavy atom. The maximum Gasteiger partial charge on any atom is 0.121 e. The maximum atomic E-state index is 5.74. The van der Waals surface area contributed by atoms with Crippen LogP contribution in [0.3, 0.4) is 0 Å². The molecule has 0 radical (unpaired) electrons. The molecular weight excluding hydrogens is 242 g/mol. The molecule has 0 aliphatic rings. The topological polar surface area (TPSA) is 43.8 Å². The molecule has 2 N–H and O–H groups in total. The zero-order valence-corrected chi connectivity index (χ0v) is 10.4. The fourth-order valence-electron chi connectivity index (χ4n) is 2.08. The number of nitrogens with zero attached hydrogens (tertiary/aromatic N) is 2. The first kappa shape index (κ1) is 10.9. The standard InChI is InChI=1S/C14H11N3S/c15-14(18)13-6-3-9-17(13)12-7-8-16-11-5-2-1-4-10(11)12/h1-9H,(H2,15,18). The van der Waals surface area contributed by atoms with Crippen molar-refractivity contribution >= 4 is 28.1 Å². The second-order valence-corrected chi connectivity index (χ2v) is 4.41. The van der Waals surface area contributed by atoms with Crippen LogP contribution >= 0.6 is 12.2 Å². The zero-order valence-electron chi connectivity index (χ0n) is 9.58. The Kier molecular flexibility index (Phi) is 2.57. The lowest BCUT2D eigenvalue weighted by Gasteiger charge is -2.10. The van der Waals surface area contributed by atoms with Gasteiger partial charge >= 0.3 is 0 Å². The van der Waals surface area contributed by atoms with Crippen LogP contribution in [0.2, 0.25) is 0 Å². The van der Waals surface area contributed by atoms with Crippen LogP contribution in [0.4, 0.5) is 0 Å². The van der Waals surface area contributed by atoms with E-state index in [0.29, 0.717) is 4.99 Å². The summed E-state index contributed by atoms with van der Waals surface area (Å²) in [5.41, 5.74) is 8.56. The highest BCUT2D eigenvalue weighted by molar-refractivity contribution is 7.80. The molecule has 0 aliphatic heterocycles. The Labute approximate surface area is 110 Å². The van der Waals surface area contributed by atoms with Crippen molar-refractivity contribution in [2.45, 2.75) is 0 Å². The first-order valence-corrected chi connectivity index (χ1v) is 5.99. The number of aromatic nitrogens is 2. The van der Waals surface area contributed by atoms with Crippen molar-refractivity contribution in [3.63, 3.8) is 0 Å². The summed E-state index contributed by atoms with van der Waals surface area (Å²) in [6.45, 7) is 0. The second-order valence-electron chi connectivity index (χ2n) is 3.97. The molecule has 0 unspecified atom stereocenters. The summed E-state index contributed by atoms with van der Waals surface area (Å²) in [5, 5.41) is 1.08. The molecule has 3 nitrogen and oxygen atoms in total. The third-order valence-corrected chi connectivity index (χ3v) is 3.10. The molecule has 88 valence electrons. The van der Waals surface area contributed by atoms with Crippen molar-refractivity contribution in [2.75, 3.05) is 0 Å². The number of para-hydroxylation sites is 1. The number of benzene rings is 1. The molecule has 0 bridgehead atoms. The number of hydrogen-bond donors (Lipinski definition) is 1. The van der Waals surface area contributed by atoms with Crippen LogP contribution in [-0.4, -0.2) is 14.5 Å². The summed E-state index contributed by atoms with van der Waals surface area (Å²) in [6, 6.07) is 13.8. The predicted octanol–water partition coefficient (Wildman–Crippen LogP) is 2.66. The number of thiocarbonyl (C=S) groups is 1. The van der Waals surface area contributed by atoms with Crippen LogP contribution in [0.15, 0.2) is 54.9 Å². The average molecular weight is 253 g/mol. The first-order chi connectivity index (χ1) is 8.77. The largest absolute Gasteiger partial charge is 0.388 e. The minimum absolute atomic E-state index is 0.390. The lowest BCUT2D eigenvalue weighted by Crippen LogP contribution is -2.14. The van der Waals surface area contributed by atoms with Crippen LogP contribution in [0.1, 0.15) is 5.69 Å². The van der Waals surface area contributed by atoms with Gasteiger partial charge in [0.15, 0.2) is 0 Å². The molecule has 0 spiro atoms. The molecule has 18 heavy (non-hydrogen) atoms. The Morgan fingerprint density at radius 1 is 1.11 bits per heavy atom. The van der Waals surface area contributed by atoms with Gasteiger partial charge in [-0.1, -0.05) is 30.4 Å². The average Bonchev–Trinajstić information content (AvgIpc) is 2.87. The van der Waals surface area contributed by atoms with Gasteiger partial charge in [0.2, 0.25) is 0 Å². The first-order valence-electron chi connectivity index (χ1n) is 5.58. The Balaban J connectivity index is 2.32. The van der Waals surface area contributed by atoms with Gasteiger partial charge in [0.05, 0.1) is 16.9 Å². The van der Waals surface area contributed by atoms with Crippen molar-refractivity contribution in [3.8, 4) is 5.69 Å². The highest BCUT2D eigenvalue weighted by atomic mass is 32.1. The Hall–Kier alpha value is -2.20. The zero-order chi connectivity index (χ0) is 12.5. The van der Waals surface area contributed by atoms with Crippen LogP contribution in [0.25, 0.3) is 16.6 Å². The van der Waals surface area contributed by atoms with E-state index in [-0.39, 0.29) is 0 Å². The van der Waals surface area contributed by atoms with Crippen molar-refractivity contribution in [1.29, 1.82) is 0 Å². The van der Waals surface area contributed by atoms with E-state index in [9.17, 15) is 0 Å². The van der Waals surface area contributed by atoms with Gasteiger partial charge in [-0.2, -0.15) is 0 Å². The van der Waals surface area contributed by atoms with E-state index in [2.05, 4.69) is 4.98 Å². The summed E-state index contributed by atoms with van der Waals surface area (Å²) in [7, 11) is 0. The summed E-state index contributed by atoms with van der Waals surface area (Å²) >= 11 is 5.07.